The molecule has 0 aromatic rings. The smallest absolute Gasteiger partial charge is 0.149 e. The average Bonchev–Trinajstić information content (AvgIpc) is 3.47. The SMILES string of the molecule is CC1(C#CCCCOC2CCC3(CCC/C(=C\C=C4C[C@@H](O)C[C@H](O)C4)C3)CC2)CO1. The lowest BCUT2D eigenvalue weighted by Gasteiger charge is -2.43. The Morgan fingerprint density at radius 2 is 1.81 bits per heavy atom. The molecule has 0 amide bonds. The Hall–Kier alpha value is -1.12. The zero-order valence-electron chi connectivity index (χ0n) is 19.2. The zero-order valence-corrected chi connectivity index (χ0v) is 19.2. The first-order chi connectivity index (χ1) is 14.9. The van der Waals surface area contributed by atoms with Crippen molar-refractivity contribution >= 4 is 0 Å². The molecule has 1 saturated heterocycles. The van der Waals surface area contributed by atoms with Crippen molar-refractivity contribution in [3.63, 3.8) is 0 Å². The third-order valence-electron chi connectivity index (χ3n) is 7.62. The van der Waals surface area contributed by atoms with E-state index in [-0.39, 0.29) is 17.8 Å². The van der Waals surface area contributed by atoms with Crippen molar-refractivity contribution in [2.75, 3.05) is 13.2 Å². The van der Waals surface area contributed by atoms with Crippen molar-refractivity contribution in [3.8, 4) is 11.8 Å². The molecule has 1 unspecified atom stereocenters. The van der Waals surface area contributed by atoms with Crippen LogP contribution in [0.3, 0.4) is 0 Å². The minimum Gasteiger partial charge on any atom is -0.393 e. The van der Waals surface area contributed by atoms with Gasteiger partial charge >= 0.3 is 0 Å². The summed E-state index contributed by atoms with van der Waals surface area (Å²) in [6.07, 6.45) is 18.0. The van der Waals surface area contributed by atoms with E-state index < -0.39 is 0 Å². The zero-order chi connectivity index (χ0) is 21.7. The normalized spacial score (nSPS) is 39.3. The summed E-state index contributed by atoms with van der Waals surface area (Å²) in [6.45, 7) is 3.64. The Balaban J connectivity index is 1.19. The second kappa shape index (κ2) is 10.2. The summed E-state index contributed by atoms with van der Waals surface area (Å²) in [5.41, 5.74) is 3.07. The number of rotatable bonds is 5. The lowest BCUT2D eigenvalue weighted by atomic mass is 9.63. The van der Waals surface area contributed by atoms with Crippen molar-refractivity contribution < 1.29 is 19.7 Å². The maximum absolute atomic E-state index is 9.90. The molecular weight excluding hydrogens is 388 g/mol. The van der Waals surface area contributed by atoms with E-state index in [1.165, 1.54) is 56.9 Å². The molecule has 0 bridgehead atoms. The molecule has 1 spiro atoms. The molecule has 0 aromatic carbocycles. The molecule has 4 nitrogen and oxygen atoms in total. The number of allylic oxidation sites excluding steroid dienone is 3. The summed E-state index contributed by atoms with van der Waals surface area (Å²) in [5, 5.41) is 19.8. The first-order valence-corrected chi connectivity index (χ1v) is 12.4. The van der Waals surface area contributed by atoms with Crippen molar-refractivity contribution in [2.24, 2.45) is 5.41 Å². The van der Waals surface area contributed by atoms with Gasteiger partial charge in [-0.1, -0.05) is 29.2 Å². The number of hydrogen-bond donors (Lipinski definition) is 2. The number of hydrogen-bond acceptors (Lipinski definition) is 4. The molecule has 0 radical (unpaired) electrons. The highest BCUT2D eigenvalue weighted by molar-refractivity contribution is 5.22. The van der Waals surface area contributed by atoms with E-state index in [0.29, 0.717) is 30.8 Å². The van der Waals surface area contributed by atoms with Crippen LogP contribution in [0.2, 0.25) is 0 Å². The molecule has 3 aliphatic carbocycles. The number of unbranched alkanes of at least 4 members (excludes halogenated alkanes) is 1. The second-order valence-electron chi connectivity index (χ2n) is 10.6. The van der Waals surface area contributed by atoms with Crippen LogP contribution in [0.25, 0.3) is 0 Å². The van der Waals surface area contributed by atoms with Crippen LogP contribution >= 0.6 is 0 Å². The lowest BCUT2D eigenvalue weighted by Crippen LogP contribution is -2.33. The standard InChI is InChI=1S/C27H40O4/c1-26(20-31-26)11-3-2-4-15-30-25-9-13-27(14-10-25)12-5-6-21(19-27)7-8-22-16-23(28)18-24(29)17-22/h7-8,23-25,28-29H,2,4-6,9-10,12-20H2,1H3/b21-7+/t23-,24-,25?,26?,27?/m1/s1. The number of epoxide rings is 1. The largest absolute Gasteiger partial charge is 0.393 e. The molecule has 4 fully saturated rings. The molecule has 1 heterocycles. The van der Waals surface area contributed by atoms with E-state index in [9.17, 15) is 10.2 Å². The maximum atomic E-state index is 9.90. The fourth-order valence-corrected chi connectivity index (χ4v) is 5.67. The first-order valence-electron chi connectivity index (χ1n) is 12.4. The van der Waals surface area contributed by atoms with Crippen LogP contribution in [-0.4, -0.2) is 47.3 Å². The van der Waals surface area contributed by atoms with Gasteiger partial charge in [0.1, 0.15) is 5.60 Å². The molecular formula is C27H40O4. The molecule has 31 heavy (non-hydrogen) atoms. The predicted molar refractivity (Wildman–Crippen MR) is 123 cm³/mol. The Bertz CT molecular complexity index is 716. The Morgan fingerprint density at radius 1 is 1.10 bits per heavy atom. The van der Waals surface area contributed by atoms with Gasteiger partial charge in [-0.15, -0.1) is 5.92 Å². The van der Waals surface area contributed by atoms with Gasteiger partial charge in [-0.05, 0) is 89.4 Å². The van der Waals surface area contributed by atoms with Crippen molar-refractivity contribution in [1.29, 1.82) is 0 Å². The second-order valence-corrected chi connectivity index (χ2v) is 10.6. The molecule has 2 N–H and O–H groups in total. The highest BCUT2D eigenvalue weighted by Gasteiger charge is 2.38. The first kappa shape index (κ1) is 23.1. The fraction of sp³-hybridized carbons (Fsp3) is 0.778. The summed E-state index contributed by atoms with van der Waals surface area (Å²) in [7, 11) is 0. The molecule has 4 aliphatic rings. The maximum Gasteiger partial charge on any atom is 0.149 e. The van der Waals surface area contributed by atoms with Crippen LogP contribution in [0.15, 0.2) is 23.3 Å². The van der Waals surface area contributed by atoms with Gasteiger partial charge in [-0.2, -0.15) is 0 Å². The summed E-state index contributed by atoms with van der Waals surface area (Å²) in [6, 6.07) is 0. The third kappa shape index (κ3) is 6.93. The van der Waals surface area contributed by atoms with Gasteiger partial charge in [0.2, 0.25) is 0 Å². The van der Waals surface area contributed by atoms with Gasteiger partial charge in [-0.25, -0.2) is 0 Å². The van der Waals surface area contributed by atoms with Crippen molar-refractivity contribution in [1.82, 2.24) is 0 Å². The van der Waals surface area contributed by atoms with Crippen molar-refractivity contribution in [2.45, 2.75) is 114 Å². The van der Waals surface area contributed by atoms with E-state index in [1.54, 1.807) is 5.57 Å². The van der Waals surface area contributed by atoms with Crippen LogP contribution in [-0.2, 0) is 9.47 Å². The van der Waals surface area contributed by atoms with Crippen molar-refractivity contribution in [3.05, 3.63) is 23.3 Å². The molecule has 1 aliphatic heterocycles. The summed E-state index contributed by atoms with van der Waals surface area (Å²) in [5.74, 6) is 6.41. The minimum absolute atomic E-state index is 0.152. The summed E-state index contributed by atoms with van der Waals surface area (Å²) < 4.78 is 11.5. The highest BCUT2D eigenvalue weighted by atomic mass is 16.6. The summed E-state index contributed by atoms with van der Waals surface area (Å²) >= 11 is 0. The number of aliphatic hydroxyl groups excluding tert-OH is 2. The Kier molecular flexibility index (Phi) is 7.60. The van der Waals surface area contributed by atoms with E-state index in [4.69, 9.17) is 9.47 Å². The Morgan fingerprint density at radius 3 is 2.52 bits per heavy atom. The molecule has 3 saturated carbocycles. The lowest BCUT2D eigenvalue weighted by molar-refractivity contribution is -0.00969. The fourth-order valence-electron chi connectivity index (χ4n) is 5.67. The molecule has 0 aromatic heterocycles. The van der Waals surface area contributed by atoms with E-state index >= 15 is 0 Å². The number of ether oxygens (including phenoxy) is 2. The predicted octanol–water partition coefficient (Wildman–Crippen LogP) is 4.84. The van der Waals surface area contributed by atoms with Crippen LogP contribution in [0.5, 0.6) is 0 Å². The van der Waals surface area contributed by atoms with E-state index in [2.05, 4.69) is 24.0 Å². The number of aliphatic hydroxyl groups is 2. The van der Waals surface area contributed by atoms with Gasteiger partial charge < -0.3 is 19.7 Å². The topological polar surface area (TPSA) is 62.2 Å². The highest BCUT2D eigenvalue weighted by Crippen LogP contribution is 2.49. The van der Waals surface area contributed by atoms with Gasteiger partial charge in [0.25, 0.3) is 0 Å². The van der Waals surface area contributed by atoms with Crippen LogP contribution in [0.1, 0.15) is 90.4 Å². The molecule has 4 rings (SSSR count). The average molecular weight is 429 g/mol. The third-order valence-corrected chi connectivity index (χ3v) is 7.62. The molecule has 4 heteroatoms. The minimum atomic E-state index is -0.385. The van der Waals surface area contributed by atoms with Crippen LogP contribution in [0.4, 0.5) is 0 Å². The quantitative estimate of drug-likeness (QED) is 0.374. The summed E-state index contributed by atoms with van der Waals surface area (Å²) in [4.78, 5) is 0. The van der Waals surface area contributed by atoms with Gasteiger partial charge in [-0.3, -0.25) is 0 Å². The van der Waals surface area contributed by atoms with E-state index in [1.807, 2.05) is 6.92 Å². The van der Waals surface area contributed by atoms with Gasteiger partial charge in [0.15, 0.2) is 0 Å². The molecule has 3 atom stereocenters. The van der Waals surface area contributed by atoms with Crippen LogP contribution < -0.4 is 0 Å². The van der Waals surface area contributed by atoms with Crippen LogP contribution in [0, 0.1) is 17.3 Å². The van der Waals surface area contributed by atoms with Gasteiger partial charge in [0.05, 0.1) is 24.9 Å². The Labute approximate surface area is 188 Å². The molecule has 172 valence electrons. The van der Waals surface area contributed by atoms with E-state index in [0.717, 1.165) is 26.1 Å². The monoisotopic (exact) mass is 428 g/mol. The van der Waals surface area contributed by atoms with Gasteiger partial charge in [0, 0.05) is 13.0 Å².